The van der Waals surface area contributed by atoms with Crippen LogP contribution < -0.4 is 0 Å². The Morgan fingerprint density at radius 1 is 1.28 bits per heavy atom. The molecule has 2 rings (SSSR count). The van der Waals surface area contributed by atoms with Crippen molar-refractivity contribution in [1.82, 2.24) is 24.2 Å². The Hall–Kier alpha value is -1.48. The first-order chi connectivity index (χ1) is 8.38. The number of piperazine rings is 1. The van der Waals surface area contributed by atoms with Crippen LogP contribution in [0.3, 0.4) is 0 Å². The van der Waals surface area contributed by atoms with E-state index >= 15 is 0 Å². The van der Waals surface area contributed by atoms with E-state index in [4.69, 9.17) is 0 Å². The highest BCUT2D eigenvalue weighted by Gasteiger charge is 2.27. The third kappa shape index (κ3) is 2.67. The zero-order chi connectivity index (χ0) is 13.3. The molecule has 1 aliphatic rings. The minimum absolute atomic E-state index is 0.212. The second kappa shape index (κ2) is 4.65. The van der Waals surface area contributed by atoms with Gasteiger partial charge in [-0.3, -0.25) is 9.48 Å². The van der Waals surface area contributed by atoms with E-state index in [9.17, 15) is 13.2 Å². The van der Waals surface area contributed by atoms with Gasteiger partial charge in [-0.2, -0.15) is 4.31 Å². The Balaban J connectivity index is 2.00. The second-order valence-electron chi connectivity index (χ2n) is 4.23. The average Bonchev–Trinajstić information content (AvgIpc) is 2.74. The summed E-state index contributed by atoms with van der Waals surface area (Å²) in [6, 6.07) is 0. The fraction of sp³-hybridized carbons (Fsp3) is 0.667. The molecule has 18 heavy (non-hydrogen) atoms. The lowest BCUT2D eigenvalue weighted by atomic mass is 10.3. The molecule has 9 heteroatoms. The molecule has 0 unspecified atom stereocenters. The fourth-order valence-electron chi connectivity index (χ4n) is 1.83. The van der Waals surface area contributed by atoms with E-state index in [2.05, 4.69) is 10.3 Å². The summed E-state index contributed by atoms with van der Waals surface area (Å²) in [5, 5.41) is 7.45. The van der Waals surface area contributed by atoms with Gasteiger partial charge in [0.15, 0.2) is 5.69 Å². The number of aryl methyl sites for hydroxylation is 1. The van der Waals surface area contributed by atoms with Crippen LogP contribution in [-0.4, -0.2) is 71.0 Å². The number of rotatable bonds is 2. The van der Waals surface area contributed by atoms with E-state index in [1.807, 2.05) is 0 Å². The lowest BCUT2D eigenvalue weighted by molar-refractivity contribution is 0.0692. The smallest absolute Gasteiger partial charge is 0.276 e. The van der Waals surface area contributed by atoms with Gasteiger partial charge in [0, 0.05) is 33.2 Å². The van der Waals surface area contributed by atoms with Gasteiger partial charge in [-0.15, -0.1) is 5.10 Å². The molecule has 0 atom stereocenters. The van der Waals surface area contributed by atoms with Crippen LogP contribution in [0.2, 0.25) is 0 Å². The third-order valence-electron chi connectivity index (χ3n) is 2.82. The number of aromatic nitrogens is 3. The fourth-order valence-corrected chi connectivity index (χ4v) is 2.66. The molecule has 1 aliphatic heterocycles. The van der Waals surface area contributed by atoms with Gasteiger partial charge in [0.25, 0.3) is 5.91 Å². The van der Waals surface area contributed by atoms with Crippen LogP contribution in [0, 0.1) is 0 Å². The van der Waals surface area contributed by atoms with Crippen molar-refractivity contribution < 1.29 is 13.2 Å². The number of nitrogens with zero attached hydrogens (tertiary/aromatic N) is 5. The van der Waals surface area contributed by atoms with Gasteiger partial charge in [0.2, 0.25) is 10.0 Å². The molecule has 2 heterocycles. The molecule has 0 aromatic carbocycles. The van der Waals surface area contributed by atoms with E-state index in [-0.39, 0.29) is 11.6 Å². The first kappa shape index (κ1) is 13.0. The highest BCUT2D eigenvalue weighted by Crippen LogP contribution is 2.08. The molecular weight excluding hydrogens is 258 g/mol. The van der Waals surface area contributed by atoms with E-state index in [1.54, 1.807) is 18.1 Å². The van der Waals surface area contributed by atoms with Crippen LogP contribution in [0.1, 0.15) is 10.5 Å². The molecule has 8 nitrogen and oxygen atoms in total. The van der Waals surface area contributed by atoms with Crippen LogP contribution in [-0.2, 0) is 17.1 Å². The summed E-state index contributed by atoms with van der Waals surface area (Å²) in [7, 11) is -1.49. The van der Waals surface area contributed by atoms with Gasteiger partial charge in [-0.25, -0.2) is 8.42 Å². The van der Waals surface area contributed by atoms with Crippen molar-refractivity contribution in [3.05, 3.63) is 11.9 Å². The average molecular weight is 273 g/mol. The summed E-state index contributed by atoms with van der Waals surface area (Å²) in [5.41, 5.74) is 0.283. The Bertz CT molecular complexity index is 544. The van der Waals surface area contributed by atoms with E-state index in [1.165, 1.54) is 15.2 Å². The summed E-state index contributed by atoms with van der Waals surface area (Å²) in [5.74, 6) is -0.212. The molecule has 0 radical (unpaired) electrons. The number of sulfonamides is 1. The maximum absolute atomic E-state index is 12.0. The zero-order valence-electron chi connectivity index (χ0n) is 10.3. The molecule has 1 saturated heterocycles. The molecule has 0 aliphatic carbocycles. The molecule has 0 saturated carbocycles. The van der Waals surface area contributed by atoms with Crippen molar-refractivity contribution >= 4 is 15.9 Å². The molecule has 1 aromatic heterocycles. The first-order valence-corrected chi connectivity index (χ1v) is 7.33. The van der Waals surface area contributed by atoms with Crippen LogP contribution in [0.4, 0.5) is 0 Å². The Morgan fingerprint density at radius 2 is 1.89 bits per heavy atom. The third-order valence-corrected chi connectivity index (χ3v) is 4.12. The van der Waals surface area contributed by atoms with Crippen LogP contribution >= 0.6 is 0 Å². The van der Waals surface area contributed by atoms with Crippen molar-refractivity contribution in [2.24, 2.45) is 7.05 Å². The Kier molecular flexibility index (Phi) is 3.35. The summed E-state index contributed by atoms with van der Waals surface area (Å²) < 4.78 is 25.5. The van der Waals surface area contributed by atoms with Crippen molar-refractivity contribution in [2.45, 2.75) is 0 Å². The molecule has 0 spiro atoms. The highest BCUT2D eigenvalue weighted by molar-refractivity contribution is 7.88. The normalized spacial score (nSPS) is 18.0. The van der Waals surface area contributed by atoms with Gasteiger partial charge in [0.1, 0.15) is 0 Å². The van der Waals surface area contributed by atoms with E-state index in [0.717, 1.165) is 0 Å². The predicted octanol–water partition coefficient (Wildman–Crippen LogP) is -1.47. The highest BCUT2D eigenvalue weighted by atomic mass is 32.2. The van der Waals surface area contributed by atoms with Gasteiger partial charge in [-0.05, 0) is 0 Å². The number of hydrogen-bond acceptors (Lipinski definition) is 5. The van der Waals surface area contributed by atoms with Gasteiger partial charge < -0.3 is 4.90 Å². The van der Waals surface area contributed by atoms with Gasteiger partial charge in [0.05, 0.1) is 12.5 Å². The molecular formula is C9H15N5O3S. The molecule has 1 fully saturated rings. The quantitative estimate of drug-likeness (QED) is 0.656. The minimum Gasteiger partial charge on any atom is -0.335 e. The SMILES string of the molecule is Cn1cc(C(=O)N2CCN(S(C)(=O)=O)CC2)nn1. The lowest BCUT2D eigenvalue weighted by Crippen LogP contribution is -2.50. The number of carbonyl (C=O) groups is 1. The second-order valence-corrected chi connectivity index (χ2v) is 6.21. The van der Waals surface area contributed by atoms with Crippen molar-refractivity contribution in [3.63, 3.8) is 0 Å². The molecule has 0 N–H and O–H groups in total. The monoisotopic (exact) mass is 273 g/mol. The summed E-state index contributed by atoms with van der Waals surface area (Å²) in [6.45, 7) is 1.40. The molecule has 0 bridgehead atoms. The van der Waals surface area contributed by atoms with Crippen molar-refractivity contribution in [1.29, 1.82) is 0 Å². The standard InChI is InChI=1S/C9H15N5O3S/c1-12-7-8(10-11-12)9(15)13-3-5-14(6-4-13)18(2,16)17/h7H,3-6H2,1-2H3. The predicted molar refractivity (Wildman–Crippen MR) is 63.3 cm³/mol. The maximum Gasteiger partial charge on any atom is 0.276 e. The van der Waals surface area contributed by atoms with Crippen LogP contribution in [0.15, 0.2) is 6.20 Å². The molecule has 1 aromatic rings. The summed E-state index contributed by atoms with van der Waals surface area (Å²) >= 11 is 0. The summed E-state index contributed by atoms with van der Waals surface area (Å²) in [6.07, 6.45) is 2.72. The van der Waals surface area contributed by atoms with Gasteiger partial charge in [-0.1, -0.05) is 5.21 Å². The summed E-state index contributed by atoms with van der Waals surface area (Å²) in [4.78, 5) is 13.6. The molecule has 1 amide bonds. The Labute approximate surface area is 105 Å². The minimum atomic E-state index is -3.17. The van der Waals surface area contributed by atoms with E-state index in [0.29, 0.717) is 26.2 Å². The van der Waals surface area contributed by atoms with Crippen LogP contribution in [0.5, 0.6) is 0 Å². The zero-order valence-corrected chi connectivity index (χ0v) is 11.1. The lowest BCUT2D eigenvalue weighted by Gasteiger charge is -2.32. The van der Waals surface area contributed by atoms with Crippen molar-refractivity contribution in [3.8, 4) is 0 Å². The number of carbonyl (C=O) groups excluding carboxylic acids is 1. The van der Waals surface area contributed by atoms with Crippen molar-refractivity contribution in [2.75, 3.05) is 32.4 Å². The first-order valence-electron chi connectivity index (χ1n) is 5.48. The number of hydrogen-bond donors (Lipinski definition) is 0. The number of amides is 1. The molecule has 100 valence electrons. The van der Waals surface area contributed by atoms with Crippen LogP contribution in [0.25, 0.3) is 0 Å². The Morgan fingerprint density at radius 3 is 2.33 bits per heavy atom. The largest absolute Gasteiger partial charge is 0.335 e. The maximum atomic E-state index is 12.0. The van der Waals surface area contributed by atoms with E-state index < -0.39 is 10.0 Å². The van der Waals surface area contributed by atoms with Gasteiger partial charge >= 0.3 is 0 Å². The topological polar surface area (TPSA) is 88.4 Å².